The Kier molecular flexibility index (Phi) is 5.41. The Morgan fingerprint density at radius 2 is 1.85 bits per heavy atom. The number of carbonyl (C=O) groups excluding carboxylic acids is 2. The molecule has 1 heterocycles. The number of hydrogen-bond acceptors (Lipinski definition) is 7. The summed E-state index contributed by atoms with van der Waals surface area (Å²) in [6.45, 7) is -0.683. The summed E-state index contributed by atoms with van der Waals surface area (Å²) in [4.78, 5) is 27.1. The molecule has 0 spiro atoms. The molecule has 0 saturated carbocycles. The zero-order valence-electron chi connectivity index (χ0n) is 13.9. The minimum absolute atomic E-state index is 0.0696. The molecule has 0 bridgehead atoms. The fraction of sp³-hybridized carbons (Fsp3) is 0.111. The standard InChI is InChI=1S/C18H14FN3O5/c19-12-7-5-11(6-8-12)18-21-15(27-22-18)9-26-16(23)10-25-14-4-2-1-3-13(14)17(20)24/h1-8H,9-10H2,(H2,20,24). The minimum Gasteiger partial charge on any atom is -0.481 e. The van der Waals surface area contributed by atoms with Crippen LogP contribution in [0, 0.1) is 5.82 Å². The van der Waals surface area contributed by atoms with Crippen molar-refractivity contribution >= 4 is 11.9 Å². The van der Waals surface area contributed by atoms with Gasteiger partial charge in [0.25, 0.3) is 11.8 Å². The number of aromatic nitrogens is 2. The number of esters is 1. The molecule has 0 fully saturated rings. The maximum atomic E-state index is 12.9. The van der Waals surface area contributed by atoms with Crippen molar-refractivity contribution in [2.45, 2.75) is 6.61 Å². The van der Waals surface area contributed by atoms with Gasteiger partial charge in [0.1, 0.15) is 11.6 Å². The van der Waals surface area contributed by atoms with Gasteiger partial charge in [0.15, 0.2) is 13.2 Å². The SMILES string of the molecule is NC(=O)c1ccccc1OCC(=O)OCc1nc(-c2ccc(F)cc2)no1. The van der Waals surface area contributed by atoms with Gasteiger partial charge >= 0.3 is 5.97 Å². The Balaban J connectivity index is 1.53. The molecule has 0 radical (unpaired) electrons. The zero-order valence-corrected chi connectivity index (χ0v) is 13.9. The lowest BCUT2D eigenvalue weighted by Crippen LogP contribution is -2.18. The Hall–Kier alpha value is -3.75. The van der Waals surface area contributed by atoms with Crippen LogP contribution in [0.25, 0.3) is 11.4 Å². The topological polar surface area (TPSA) is 118 Å². The fourth-order valence-electron chi connectivity index (χ4n) is 2.15. The van der Waals surface area contributed by atoms with Gasteiger partial charge in [-0.1, -0.05) is 17.3 Å². The predicted octanol–water partition coefficient (Wildman–Crippen LogP) is 2.10. The first-order valence-corrected chi connectivity index (χ1v) is 7.78. The first-order chi connectivity index (χ1) is 13.0. The largest absolute Gasteiger partial charge is 0.481 e. The van der Waals surface area contributed by atoms with E-state index in [1.165, 1.54) is 36.4 Å². The summed E-state index contributed by atoms with van der Waals surface area (Å²) >= 11 is 0. The van der Waals surface area contributed by atoms with Crippen LogP contribution in [0.1, 0.15) is 16.2 Å². The molecular formula is C18H14FN3O5. The zero-order chi connectivity index (χ0) is 19.2. The summed E-state index contributed by atoms with van der Waals surface area (Å²) in [6, 6.07) is 11.8. The van der Waals surface area contributed by atoms with Crippen LogP contribution >= 0.6 is 0 Å². The second kappa shape index (κ2) is 8.09. The highest BCUT2D eigenvalue weighted by atomic mass is 19.1. The number of amides is 1. The van der Waals surface area contributed by atoms with Gasteiger partial charge in [-0.25, -0.2) is 9.18 Å². The van der Waals surface area contributed by atoms with E-state index in [4.69, 9.17) is 19.7 Å². The first-order valence-electron chi connectivity index (χ1n) is 7.78. The predicted molar refractivity (Wildman–Crippen MR) is 89.9 cm³/mol. The Morgan fingerprint density at radius 1 is 1.11 bits per heavy atom. The van der Waals surface area contributed by atoms with Gasteiger partial charge in [0.05, 0.1) is 5.56 Å². The molecule has 0 aliphatic heterocycles. The smallest absolute Gasteiger partial charge is 0.344 e. The average molecular weight is 371 g/mol. The third-order valence-electron chi connectivity index (χ3n) is 3.43. The molecule has 9 heteroatoms. The number of nitrogens with zero attached hydrogens (tertiary/aromatic N) is 2. The monoisotopic (exact) mass is 371 g/mol. The molecule has 3 rings (SSSR count). The van der Waals surface area contributed by atoms with Crippen molar-refractivity contribution in [3.63, 3.8) is 0 Å². The number of ether oxygens (including phenoxy) is 2. The molecule has 1 amide bonds. The van der Waals surface area contributed by atoms with Crippen LogP contribution < -0.4 is 10.5 Å². The number of primary amides is 1. The molecule has 3 aromatic rings. The van der Waals surface area contributed by atoms with Gasteiger partial charge < -0.3 is 19.7 Å². The van der Waals surface area contributed by atoms with Crippen LogP contribution in [0.15, 0.2) is 53.1 Å². The van der Waals surface area contributed by atoms with Gasteiger partial charge in [0.2, 0.25) is 5.82 Å². The third-order valence-corrected chi connectivity index (χ3v) is 3.43. The molecule has 0 unspecified atom stereocenters. The fourth-order valence-corrected chi connectivity index (χ4v) is 2.15. The Labute approximate surface area is 152 Å². The molecule has 0 atom stereocenters. The van der Waals surface area contributed by atoms with Gasteiger partial charge in [-0.15, -0.1) is 0 Å². The molecule has 1 aromatic heterocycles. The summed E-state index contributed by atoms with van der Waals surface area (Å²) in [5.74, 6) is -1.26. The molecule has 8 nitrogen and oxygen atoms in total. The van der Waals surface area contributed by atoms with E-state index in [0.717, 1.165) is 0 Å². The van der Waals surface area contributed by atoms with E-state index in [0.29, 0.717) is 5.56 Å². The lowest BCUT2D eigenvalue weighted by Gasteiger charge is -2.08. The lowest BCUT2D eigenvalue weighted by molar-refractivity contribution is -0.148. The van der Waals surface area contributed by atoms with Gasteiger partial charge in [-0.2, -0.15) is 4.98 Å². The second-order valence-electron chi connectivity index (χ2n) is 5.33. The van der Waals surface area contributed by atoms with Crippen molar-refractivity contribution in [1.82, 2.24) is 10.1 Å². The van der Waals surface area contributed by atoms with Crippen molar-refractivity contribution in [3.8, 4) is 17.1 Å². The van der Waals surface area contributed by atoms with Crippen LogP contribution in [0.2, 0.25) is 0 Å². The molecule has 0 saturated heterocycles. The summed E-state index contributed by atoms with van der Waals surface area (Å²) in [6.07, 6.45) is 0. The molecule has 2 N–H and O–H groups in total. The molecule has 27 heavy (non-hydrogen) atoms. The maximum Gasteiger partial charge on any atom is 0.344 e. The maximum absolute atomic E-state index is 12.9. The van der Waals surface area contributed by atoms with Crippen molar-refractivity contribution < 1.29 is 28.0 Å². The highest BCUT2D eigenvalue weighted by Gasteiger charge is 2.13. The number of hydrogen-bond donors (Lipinski definition) is 1. The number of benzene rings is 2. The number of para-hydroxylation sites is 1. The van der Waals surface area contributed by atoms with E-state index in [1.807, 2.05) is 0 Å². The quantitative estimate of drug-likeness (QED) is 0.632. The van der Waals surface area contributed by atoms with Crippen LogP contribution in [0.4, 0.5) is 4.39 Å². The van der Waals surface area contributed by atoms with Crippen molar-refractivity contribution in [2.75, 3.05) is 6.61 Å². The minimum atomic E-state index is -0.698. The average Bonchev–Trinajstić information content (AvgIpc) is 3.14. The van der Waals surface area contributed by atoms with Crippen molar-refractivity contribution in [2.24, 2.45) is 5.73 Å². The summed E-state index contributed by atoms with van der Waals surface area (Å²) in [7, 11) is 0. The number of carbonyl (C=O) groups is 2. The van der Waals surface area contributed by atoms with E-state index in [1.54, 1.807) is 12.1 Å². The highest BCUT2D eigenvalue weighted by molar-refractivity contribution is 5.95. The molecule has 0 aliphatic carbocycles. The summed E-state index contributed by atoms with van der Waals surface area (Å²) < 4.78 is 28.1. The number of rotatable bonds is 7. The number of nitrogens with two attached hydrogens (primary N) is 1. The Morgan fingerprint density at radius 3 is 2.59 bits per heavy atom. The first kappa shape index (κ1) is 18.1. The Bertz CT molecular complexity index is 956. The van der Waals surface area contributed by atoms with E-state index < -0.39 is 18.5 Å². The molecule has 0 aliphatic rings. The van der Waals surface area contributed by atoms with E-state index in [9.17, 15) is 14.0 Å². The van der Waals surface area contributed by atoms with Crippen molar-refractivity contribution in [3.05, 3.63) is 65.8 Å². The van der Waals surface area contributed by atoms with Gasteiger partial charge in [0, 0.05) is 5.56 Å². The van der Waals surface area contributed by atoms with E-state index in [-0.39, 0.29) is 35.5 Å². The van der Waals surface area contributed by atoms with Crippen LogP contribution in [0.3, 0.4) is 0 Å². The van der Waals surface area contributed by atoms with Gasteiger partial charge in [-0.3, -0.25) is 4.79 Å². The van der Waals surface area contributed by atoms with E-state index in [2.05, 4.69) is 10.1 Å². The second-order valence-corrected chi connectivity index (χ2v) is 5.33. The summed E-state index contributed by atoms with van der Waals surface area (Å²) in [5.41, 5.74) is 5.95. The highest BCUT2D eigenvalue weighted by Crippen LogP contribution is 2.18. The normalized spacial score (nSPS) is 10.4. The molecule has 138 valence electrons. The van der Waals surface area contributed by atoms with Crippen molar-refractivity contribution in [1.29, 1.82) is 0 Å². The van der Waals surface area contributed by atoms with Crippen LogP contribution in [-0.4, -0.2) is 28.6 Å². The molecular weight excluding hydrogens is 357 g/mol. The van der Waals surface area contributed by atoms with Crippen LogP contribution in [-0.2, 0) is 16.1 Å². The third kappa shape index (κ3) is 4.66. The van der Waals surface area contributed by atoms with Crippen LogP contribution in [0.5, 0.6) is 5.75 Å². The van der Waals surface area contributed by atoms with E-state index >= 15 is 0 Å². The summed E-state index contributed by atoms with van der Waals surface area (Å²) in [5, 5.41) is 3.74. The molecule has 2 aromatic carbocycles. The lowest BCUT2D eigenvalue weighted by atomic mass is 10.2. The number of halogens is 1. The van der Waals surface area contributed by atoms with Gasteiger partial charge in [-0.05, 0) is 36.4 Å².